The van der Waals surface area contributed by atoms with Crippen molar-refractivity contribution >= 4 is 12.0 Å². The first kappa shape index (κ1) is 15.7. The zero-order valence-corrected chi connectivity index (χ0v) is 11.5. The van der Waals surface area contributed by atoms with Gasteiger partial charge < -0.3 is 25.2 Å². The predicted molar refractivity (Wildman–Crippen MR) is 67.8 cm³/mol. The number of urea groups is 1. The van der Waals surface area contributed by atoms with Crippen LogP contribution < -0.4 is 5.32 Å². The molecular formula is C12H22N2O5. The quantitative estimate of drug-likeness (QED) is 0.664. The van der Waals surface area contributed by atoms with Crippen molar-refractivity contribution in [3.63, 3.8) is 0 Å². The molecule has 1 aliphatic heterocycles. The minimum Gasteiger partial charge on any atom is -0.481 e. The largest absolute Gasteiger partial charge is 0.481 e. The van der Waals surface area contributed by atoms with Crippen molar-refractivity contribution in [3.05, 3.63) is 0 Å². The molecule has 0 radical (unpaired) electrons. The van der Waals surface area contributed by atoms with Crippen LogP contribution in [0.15, 0.2) is 0 Å². The molecule has 0 aromatic rings. The van der Waals surface area contributed by atoms with Crippen LogP contribution in [0.5, 0.6) is 0 Å². The number of carbonyl (C=O) groups excluding carboxylic acids is 1. The Balaban J connectivity index is 2.58. The average molecular weight is 274 g/mol. The number of rotatable bonds is 4. The van der Waals surface area contributed by atoms with Gasteiger partial charge in [-0.05, 0) is 20.8 Å². The van der Waals surface area contributed by atoms with Crippen molar-refractivity contribution in [1.82, 2.24) is 10.2 Å². The number of morpholine rings is 1. The number of aliphatic hydroxyl groups is 1. The molecule has 0 aromatic heterocycles. The molecule has 4 atom stereocenters. The van der Waals surface area contributed by atoms with E-state index in [4.69, 9.17) is 14.9 Å². The van der Waals surface area contributed by atoms with Crippen molar-refractivity contribution in [2.24, 2.45) is 5.92 Å². The van der Waals surface area contributed by atoms with Crippen molar-refractivity contribution < 1.29 is 24.5 Å². The van der Waals surface area contributed by atoms with E-state index in [-0.39, 0.29) is 24.8 Å². The number of hydrogen-bond donors (Lipinski definition) is 3. The van der Waals surface area contributed by atoms with Gasteiger partial charge in [-0.3, -0.25) is 4.79 Å². The van der Waals surface area contributed by atoms with Gasteiger partial charge in [0.2, 0.25) is 0 Å². The molecule has 7 heteroatoms. The molecule has 1 aliphatic rings. The van der Waals surface area contributed by atoms with E-state index in [0.29, 0.717) is 13.2 Å². The number of nitrogens with one attached hydrogen (secondary N) is 1. The third-order valence-corrected chi connectivity index (χ3v) is 3.46. The summed E-state index contributed by atoms with van der Waals surface area (Å²) >= 11 is 0. The third kappa shape index (κ3) is 4.07. The fraction of sp³-hybridized carbons (Fsp3) is 0.833. The van der Waals surface area contributed by atoms with Crippen LogP contribution >= 0.6 is 0 Å². The van der Waals surface area contributed by atoms with E-state index in [1.807, 2.05) is 6.92 Å². The fourth-order valence-electron chi connectivity index (χ4n) is 1.83. The molecule has 0 spiro atoms. The van der Waals surface area contributed by atoms with E-state index in [1.54, 1.807) is 18.7 Å². The summed E-state index contributed by atoms with van der Waals surface area (Å²) in [6, 6.07) is -0.891. The minimum atomic E-state index is -0.948. The number of amides is 2. The number of carboxylic acid groups (broad SMARTS) is 1. The van der Waals surface area contributed by atoms with Gasteiger partial charge in [0.05, 0.1) is 37.8 Å². The second-order valence-electron chi connectivity index (χ2n) is 5.00. The molecular weight excluding hydrogens is 252 g/mol. The van der Waals surface area contributed by atoms with Crippen LogP contribution in [-0.2, 0) is 9.53 Å². The molecule has 110 valence electrons. The fourth-order valence-corrected chi connectivity index (χ4v) is 1.83. The lowest BCUT2D eigenvalue weighted by Gasteiger charge is -2.38. The Hall–Kier alpha value is -1.34. The molecule has 0 aliphatic carbocycles. The van der Waals surface area contributed by atoms with Crippen molar-refractivity contribution in [2.45, 2.75) is 39.0 Å². The summed E-state index contributed by atoms with van der Waals surface area (Å²) in [6.45, 7) is 5.58. The lowest BCUT2D eigenvalue weighted by Crippen LogP contribution is -2.57. The number of aliphatic hydroxyl groups excluding tert-OH is 1. The van der Waals surface area contributed by atoms with E-state index in [1.165, 1.54) is 0 Å². The first-order chi connectivity index (χ1) is 8.86. The Kier molecular flexibility index (Phi) is 5.56. The van der Waals surface area contributed by atoms with Gasteiger partial charge >= 0.3 is 12.0 Å². The predicted octanol–water partition coefficient (Wildman–Crippen LogP) is -0.113. The summed E-state index contributed by atoms with van der Waals surface area (Å²) in [7, 11) is 0. The van der Waals surface area contributed by atoms with Crippen LogP contribution in [0.4, 0.5) is 4.79 Å². The van der Waals surface area contributed by atoms with Gasteiger partial charge in [0, 0.05) is 6.04 Å². The molecule has 4 unspecified atom stereocenters. The van der Waals surface area contributed by atoms with Crippen molar-refractivity contribution in [1.29, 1.82) is 0 Å². The van der Waals surface area contributed by atoms with Crippen LogP contribution in [0.1, 0.15) is 20.8 Å². The van der Waals surface area contributed by atoms with Gasteiger partial charge in [0.25, 0.3) is 0 Å². The van der Waals surface area contributed by atoms with Crippen LogP contribution in [-0.4, -0.2) is 65.1 Å². The van der Waals surface area contributed by atoms with Crippen LogP contribution in [0.25, 0.3) is 0 Å². The first-order valence-electron chi connectivity index (χ1n) is 6.39. The number of ether oxygens (including phenoxy) is 1. The molecule has 2 amide bonds. The Morgan fingerprint density at radius 3 is 2.63 bits per heavy atom. The lowest BCUT2D eigenvalue weighted by molar-refractivity contribution is -0.141. The van der Waals surface area contributed by atoms with Gasteiger partial charge in [0.15, 0.2) is 0 Å². The molecule has 19 heavy (non-hydrogen) atoms. The van der Waals surface area contributed by atoms with Gasteiger partial charge in [-0.2, -0.15) is 0 Å². The van der Waals surface area contributed by atoms with Crippen molar-refractivity contribution in [3.8, 4) is 0 Å². The number of aliphatic carboxylic acids is 1. The monoisotopic (exact) mass is 274 g/mol. The Morgan fingerprint density at radius 1 is 1.47 bits per heavy atom. The SMILES string of the molecule is CC(NC(=O)N1CC(CO)OCC1C)C(C)C(=O)O. The van der Waals surface area contributed by atoms with Crippen molar-refractivity contribution in [2.75, 3.05) is 19.8 Å². The zero-order valence-electron chi connectivity index (χ0n) is 11.5. The molecule has 7 nitrogen and oxygen atoms in total. The van der Waals surface area contributed by atoms with E-state index >= 15 is 0 Å². The Bertz CT molecular complexity index is 336. The maximum Gasteiger partial charge on any atom is 0.318 e. The molecule has 0 bridgehead atoms. The van der Waals surface area contributed by atoms with Crippen LogP contribution in [0.2, 0.25) is 0 Å². The summed E-state index contributed by atoms with van der Waals surface area (Å²) in [5.41, 5.74) is 0. The standard InChI is InChI=1S/C12H22N2O5/c1-7-6-19-10(5-15)4-14(7)12(18)13-9(3)8(2)11(16)17/h7-10,15H,4-6H2,1-3H3,(H,13,18)(H,16,17). The summed E-state index contributed by atoms with van der Waals surface area (Å²) in [4.78, 5) is 24.5. The van der Waals surface area contributed by atoms with E-state index in [9.17, 15) is 9.59 Å². The maximum atomic E-state index is 12.1. The molecule has 1 heterocycles. The lowest BCUT2D eigenvalue weighted by atomic mass is 10.0. The first-order valence-corrected chi connectivity index (χ1v) is 6.39. The molecule has 1 fully saturated rings. The summed E-state index contributed by atoms with van der Waals surface area (Å²) in [5, 5.41) is 20.6. The highest BCUT2D eigenvalue weighted by Crippen LogP contribution is 2.12. The minimum absolute atomic E-state index is 0.102. The summed E-state index contributed by atoms with van der Waals surface area (Å²) in [5.74, 6) is -1.61. The van der Waals surface area contributed by atoms with Crippen LogP contribution in [0.3, 0.4) is 0 Å². The average Bonchev–Trinajstić information content (AvgIpc) is 2.37. The van der Waals surface area contributed by atoms with Gasteiger partial charge in [0.1, 0.15) is 0 Å². The third-order valence-electron chi connectivity index (χ3n) is 3.46. The summed E-state index contributed by atoms with van der Waals surface area (Å²) < 4.78 is 5.34. The molecule has 1 rings (SSSR count). The van der Waals surface area contributed by atoms with Gasteiger partial charge in [-0.15, -0.1) is 0 Å². The number of hydrogen-bond acceptors (Lipinski definition) is 4. The molecule has 1 saturated heterocycles. The van der Waals surface area contributed by atoms with Gasteiger partial charge in [-0.1, -0.05) is 0 Å². The highest BCUT2D eigenvalue weighted by molar-refractivity contribution is 5.77. The number of nitrogens with zero attached hydrogens (tertiary/aromatic N) is 1. The normalized spacial score (nSPS) is 26.6. The second-order valence-corrected chi connectivity index (χ2v) is 5.00. The zero-order chi connectivity index (χ0) is 14.6. The smallest absolute Gasteiger partial charge is 0.318 e. The topological polar surface area (TPSA) is 99.1 Å². The second kappa shape index (κ2) is 6.72. The van der Waals surface area contributed by atoms with E-state index < -0.39 is 17.9 Å². The Morgan fingerprint density at radius 2 is 2.11 bits per heavy atom. The molecule has 0 saturated carbocycles. The highest BCUT2D eigenvalue weighted by atomic mass is 16.5. The van der Waals surface area contributed by atoms with Gasteiger partial charge in [-0.25, -0.2) is 4.79 Å². The Labute approximate surface area is 112 Å². The molecule has 3 N–H and O–H groups in total. The van der Waals surface area contributed by atoms with E-state index in [0.717, 1.165) is 0 Å². The number of carbonyl (C=O) groups is 2. The summed E-state index contributed by atoms with van der Waals surface area (Å²) in [6.07, 6.45) is -0.380. The highest BCUT2D eigenvalue weighted by Gasteiger charge is 2.31. The van der Waals surface area contributed by atoms with Crippen LogP contribution in [0, 0.1) is 5.92 Å². The van der Waals surface area contributed by atoms with E-state index in [2.05, 4.69) is 5.32 Å². The number of carboxylic acids is 1. The molecule has 0 aromatic carbocycles. The maximum absolute atomic E-state index is 12.1.